The largest absolute Gasteiger partial charge is 0.726 e. The van der Waals surface area contributed by atoms with Gasteiger partial charge in [-0.25, -0.2) is 8.42 Å². The Hall–Kier alpha value is -0.170. The van der Waals surface area contributed by atoms with E-state index in [2.05, 4.69) is 27.7 Å². The third-order valence-corrected chi connectivity index (χ3v) is 9.34. The van der Waals surface area contributed by atoms with E-state index in [4.69, 9.17) is 17.5 Å². The minimum atomic E-state index is -4.92. The maximum absolute atomic E-state index is 8.63. The average molecular weight is 634 g/mol. The molecule has 0 radical (unpaired) electrons. The van der Waals surface area contributed by atoms with Gasteiger partial charge in [-0.2, -0.15) is 0 Å². The van der Waals surface area contributed by atoms with E-state index in [-0.39, 0.29) is 0 Å². The minimum absolute atomic E-state index is 1.35. The summed E-state index contributed by atoms with van der Waals surface area (Å²) in [5.41, 5.74) is 0. The van der Waals surface area contributed by atoms with Crippen molar-refractivity contribution in [1.82, 2.24) is 0 Å². The number of nitrogens with zero attached hydrogens (tertiary/aromatic N) is 1. The van der Waals surface area contributed by atoms with Crippen molar-refractivity contribution in [1.29, 1.82) is 0 Å². The normalized spacial score (nSPS) is 12.0. The Kier molecular flexibility index (Phi) is 36.3. The third kappa shape index (κ3) is 39.8. The second-order valence-electron chi connectivity index (χ2n) is 13.4. The lowest BCUT2D eigenvalue weighted by Crippen LogP contribution is -2.49. The van der Waals surface area contributed by atoms with Gasteiger partial charge in [0.1, 0.15) is 0 Å². The zero-order valence-corrected chi connectivity index (χ0v) is 30.7. The van der Waals surface area contributed by atoms with Gasteiger partial charge in [-0.15, -0.1) is 0 Å². The molecule has 0 aromatic rings. The first-order chi connectivity index (χ1) is 20.7. The summed E-state index contributed by atoms with van der Waals surface area (Å²) in [6, 6.07) is 0. The van der Waals surface area contributed by atoms with Crippen LogP contribution < -0.4 is 0 Å². The van der Waals surface area contributed by atoms with Crippen LogP contribution in [0, 0.1) is 0 Å². The molecule has 0 atom stereocenters. The van der Waals surface area contributed by atoms with Crippen molar-refractivity contribution >= 4 is 10.4 Å². The van der Waals surface area contributed by atoms with Crippen LogP contribution in [0.15, 0.2) is 0 Å². The van der Waals surface area contributed by atoms with Gasteiger partial charge in [0.15, 0.2) is 0 Å². The van der Waals surface area contributed by atoms with Gasteiger partial charge in [-0.05, 0) is 39.0 Å². The summed E-state index contributed by atoms with van der Waals surface area (Å²) in [7, 11) is -4.92. The standard InChI is InChI=1S/C37H78N.H2O4S/c1-5-9-11-13-15-17-19-21-23-25-27-29-31-33-36-38(8-4,35-7-3)37-34-32-30-28-26-24-22-20-18-16-14-12-10-6-2;1-5(2,3)4/h5-37H2,1-4H3;(H2,1,2,3,4)/q+1;/p-1. The van der Waals surface area contributed by atoms with Crippen LogP contribution in [0.25, 0.3) is 0 Å². The molecule has 0 aromatic carbocycles. The SMILES string of the molecule is CCCCCCCCCCCCCCCC[N+](CC)(CCC)CCCCCCCCCCCCCCCC.O=S(=O)([O-])O. The van der Waals surface area contributed by atoms with Crippen molar-refractivity contribution in [2.45, 2.75) is 214 Å². The van der Waals surface area contributed by atoms with E-state index in [0.29, 0.717) is 0 Å². The van der Waals surface area contributed by atoms with Crippen molar-refractivity contribution in [3.8, 4) is 0 Å². The first kappa shape index (κ1) is 45.0. The fourth-order valence-corrected chi connectivity index (χ4v) is 6.57. The van der Waals surface area contributed by atoms with Crippen molar-refractivity contribution in [3.05, 3.63) is 0 Å². The topological polar surface area (TPSA) is 77.4 Å². The summed E-state index contributed by atoms with van der Waals surface area (Å²) in [6.07, 6.45) is 42.5. The predicted octanol–water partition coefficient (Wildman–Crippen LogP) is 12.2. The molecule has 0 amide bonds. The molecule has 0 unspecified atom stereocenters. The van der Waals surface area contributed by atoms with Gasteiger partial charge in [0.05, 0.1) is 26.2 Å². The summed E-state index contributed by atoms with van der Waals surface area (Å²) in [5.74, 6) is 0. The third-order valence-electron chi connectivity index (χ3n) is 9.34. The second kappa shape index (κ2) is 34.7. The van der Waals surface area contributed by atoms with Gasteiger partial charge < -0.3 is 9.04 Å². The molecule has 0 aliphatic carbocycles. The van der Waals surface area contributed by atoms with Gasteiger partial charge in [0.25, 0.3) is 0 Å². The van der Waals surface area contributed by atoms with Crippen LogP contribution in [0.5, 0.6) is 0 Å². The Morgan fingerprint density at radius 1 is 0.395 bits per heavy atom. The second-order valence-corrected chi connectivity index (χ2v) is 14.3. The smallest absolute Gasteiger partial charge is 0.215 e. The maximum atomic E-state index is 8.63. The summed E-state index contributed by atoms with van der Waals surface area (Å²) in [4.78, 5) is 0. The maximum Gasteiger partial charge on any atom is 0.215 e. The predicted molar refractivity (Wildman–Crippen MR) is 189 cm³/mol. The Bertz CT molecular complexity index is 586. The Morgan fingerprint density at radius 2 is 0.605 bits per heavy atom. The fraction of sp³-hybridized carbons (Fsp3) is 1.00. The lowest BCUT2D eigenvalue weighted by atomic mass is 10.0. The summed E-state index contributed by atoms with van der Waals surface area (Å²) < 4.78 is 34.2. The van der Waals surface area contributed by atoms with Crippen LogP contribution in [0.4, 0.5) is 0 Å². The Morgan fingerprint density at radius 3 is 0.791 bits per heavy atom. The van der Waals surface area contributed by atoms with Crippen molar-refractivity contribution < 1.29 is 22.0 Å². The van der Waals surface area contributed by atoms with Gasteiger partial charge in [0, 0.05) is 0 Å². The highest BCUT2D eigenvalue weighted by molar-refractivity contribution is 7.79. The molecule has 5 nitrogen and oxygen atoms in total. The molecule has 0 heterocycles. The van der Waals surface area contributed by atoms with E-state index in [1.54, 1.807) is 0 Å². The molecule has 262 valence electrons. The van der Waals surface area contributed by atoms with Gasteiger partial charge >= 0.3 is 0 Å². The van der Waals surface area contributed by atoms with Crippen molar-refractivity contribution in [2.24, 2.45) is 0 Å². The van der Waals surface area contributed by atoms with Crippen molar-refractivity contribution in [3.63, 3.8) is 0 Å². The molecular weight excluding hydrogens is 554 g/mol. The highest BCUT2D eigenvalue weighted by atomic mass is 32.3. The average Bonchev–Trinajstić information content (AvgIpc) is 2.96. The lowest BCUT2D eigenvalue weighted by Gasteiger charge is -2.38. The quantitative estimate of drug-likeness (QED) is 0.0337. The molecule has 43 heavy (non-hydrogen) atoms. The van der Waals surface area contributed by atoms with E-state index in [0.717, 1.165) is 0 Å². The summed E-state index contributed by atoms with van der Waals surface area (Å²) in [5, 5.41) is 0. The highest BCUT2D eigenvalue weighted by Gasteiger charge is 2.23. The van der Waals surface area contributed by atoms with Crippen LogP contribution in [0.2, 0.25) is 0 Å². The molecule has 0 aliphatic heterocycles. The zero-order chi connectivity index (χ0) is 32.3. The van der Waals surface area contributed by atoms with Gasteiger partial charge in [-0.1, -0.05) is 175 Å². The van der Waals surface area contributed by atoms with E-state index in [1.165, 1.54) is 217 Å². The minimum Gasteiger partial charge on any atom is -0.726 e. The van der Waals surface area contributed by atoms with Crippen LogP contribution in [0.3, 0.4) is 0 Å². The molecule has 0 spiro atoms. The number of hydrogen-bond acceptors (Lipinski definition) is 3. The first-order valence-corrected chi connectivity index (χ1v) is 20.6. The first-order valence-electron chi connectivity index (χ1n) is 19.3. The molecule has 0 rings (SSSR count). The van der Waals surface area contributed by atoms with Crippen LogP contribution >= 0.6 is 0 Å². The number of quaternary nitrogens is 1. The highest BCUT2D eigenvalue weighted by Crippen LogP contribution is 2.18. The summed E-state index contributed by atoms with van der Waals surface area (Å²) >= 11 is 0. The van der Waals surface area contributed by atoms with Crippen LogP contribution in [0.1, 0.15) is 214 Å². The molecule has 0 aromatic heterocycles. The number of hydrogen-bond donors (Lipinski definition) is 1. The van der Waals surface area contributed by atoms with Gasteiger partial charge in [-0.3, -0.25) is 4.55 Å². The summed E-state index contributed by atoms with van der Waals surface area (Å²) in [6.45, 7) is 15.1. The molecule has 6 heteroatoms. The molecule has 0 aliphatic rings. The van der Waals surface area contributed by atoms with Crippen LogP contribution in [-0.2, 0) is 10.4 Å². The van der Waals surface area contributed by atoms with Crippen LogP contribution in [-0.4, -0.2) is 48.2 Å². The van der Waals surface area contributed by atoms with Gasteiger partial charge in [0.2, 0.25) is 10.4 Å². The lowest BCUT2D eigenvalue weighted by molar-refractivity contribution is -0.927. The van der Waals surface area contributed by atoms with E-state index >= 15 is 0 Å². The molecule has 0 saturated carbocycles. The number of unbranched alkanes of at least 4 members (excludes halogenated alkanes) is 26. The van der Waals surface area contributed by atoms with Crippen molar-refractivity contribution in [2.75, 3.05) is 26.2 Å². The van der Waals surface area contributed by atoms with E-state index in [9.17, 15) is 0 Å². The fourth-order valence-electron chi connectivity index (χ4n) is 6.57. The molecule has 0 fully saturated rings. The zero-order valence-electron chi connectivity index (χ0n) is 29.9. The Labute approximate surface area is 271 Å². The van der Waals surface area contributed by atoms with E-state index < -0.39 is 10.4 Å². The Balaban J connectivity index is 0. The monoisotopic (exact) mass is 634 g/mol. The van der Waals surface area contributed by atoms with E-state index in [1.807, 2.05) is 0 Å². The molecule has 0 saturated heterocycles. The molecular formula is C37H79NO4S. The molecule has 1 N–H and O–H groups in total. The number of rotatable bonds is 33. The molecule has 0 bridgehead atoms.